The Hall–Kier alpha value is -3.94. The number of esters is 1. The molecule has 0 spiro atoms. The van der Waals surface area contributed by atoms with E-state index in [9.17, 15) is 9.59 Å². The van der Waals surface area contributed by atoms with E-state index in [-0.39, 0.29) is 29.3 Å². The van der Waals surface area contributed by atoms with Crippen molar-refractivity contribution in [2.75, 3.05) is 12.3 Å². The minimum atomic E-state index is -0.371. The fourth-order valence-electron chi connectivity index (χ4n) is 3.68. The van der Waals surface area contributed by atoms with Crippen LogP contribution in [0.1, 0.15) is 60.7 Å². The van der Waals surface area contributed by atoms with E-state index in [0.29, 0.717) is 40.1 Å². The van der Waals surface area contributed by atoms with Gasteiger partial charge in [-0.25, -0.2) is 14.8 Å². The van der Waals surface area contributed by atoms with Gasteiger partial charge in [-0.15, -0.1) is 0 Å². The van der Waals surface area contributed by atoms with Crippen LogP contribution in [0.2, 0.25) is 0 Å². The van der Waals surface area contributed by atoms with Crippen LogP contribution < -0.4 is 11.1 Å². The molecule has 0 aliphatic carbocycles. The predicted molar refractivity (Wildman–Crippen MR) is 133 cm³/mol. The third kappa shape index (κ3) is 4.44. The van der Waals surface area contributed by atoms with Crippen LogP contribution in [0, 0.1) is 0 Å². The molecule has 2 heterocycles. The molecule has 0 radical (unpaired) electrons. The number of anilines is 1. The van der Waals surface area contributed by atoms with E-state index in [4.69, 9.17) is 20.4 Å². The minimum absolute atomic E-state index is 0.0169. The third-order valence-corrected chi connectivity index (χ3v) is 5.81. The molecular weight excluding hydrogens is 430 g/mol. The normalized spacial score (nSPS) is 12.1. The first-order chi connectivity index (χ1) is 16.4. The summed E-state index contributed by atoms with van der Waals surface area (Å²) in [6, 6.07) is 14.4. The van der Waals surface area contributed by atoms with E-state index in [2.05, 4.69) is 5.32 Å². The lowest BCUT2D eigenvalue weighted by Crippen LogP contribution is -2.32. The third-order valence-electron chi connectivity index (χ3n) is 5.81. The topological polar surface area (TPSA) is 112 Å². The van der Waals surface area contributed by atoms with Crippen molar-refractivity contribution < 1.29 is 14.3 Å². The zero-order valence-corrected chi connectivity index (χ0v) is 19.7. The Bertz CT molecular complexity index is 1340. The lowest BCUT2D eigenvalue weighted by atomic mass is 10.2. The van der Waals surface area contributed by atoms with E-state index < -0.39 is 0 Å². The predicted octanol–water partition coefficient (Wildman–Crippen LogP) is 4.64. The highest BCUT2D eigenvalue weighted by atomic mass is 16.5. The molecule has 0 saturated carbocycles. The van der Waals surface area contributed by atoms with E-state index in [1.165, 1.54) is 0 Å². The molecule has 2 aromatic carbocycles. The van der Waals surface area contributed by atoms with Crippen molar-refractivity contribution >= 4 is 39.9 Å². The highest BCUT2D eigenvalue weighted by Gasteiger charge is 2.25. The molecule has 4 rings (SSSR count). The average molecular weight is 460 g/mol. The van der Waals surface area contributed by atoms with Crippen molar-refractivity contribution in [2.24, 2.45) is 0 Å². The maximum atomic E-state index is 13.2. The molecule has 0 fully saturated rings. The molecule has 2 aromatic heterocycles. The number of unbranched alkanes of at least 4 members (excludes halogenated alkanes) is 1. The van der Waals surface area contributed by atoms with Crippen LogP contribution >= 0.6 is 0 Å². The number of rotatable bonds is 8. The number of hydrogen-bond donors (Lipinski definition) is 2. The molecule has 176 valence electrons. The Labute approximate surface area is 198 Å². The van der Waals surface area contributed by atoms with Gasteiger partial charge in [-0.2, -0.15) is 0 Å². The minimum Gasteiger partial charge on any atom is -0.462 e. The molecule has 3 N–H and O–H groups in total. The van der Waals surface area contributed by atoms with Crippen molar-refractivity contribution in [1.82, 2.24) is 19.9 Å². The van der Waals surface area contributed by atoms with Gasteiger partial charge >= 0.3 is 5.97 Å². The molecule has 4 aromatic rings. The van der Waals surface area contributed by atoms with E-state index in [1.807, 2.05) is 45.0 Å². The first kappa shape index (κ1) is 23.2. The van der Waals surface area contributed by atoms with Crippen LogP contribution in [0.4, 0.5) is 5.82 Å². The van der Waals surface area contributed by atoms with Gasteiger partial charge in [0.05, 0.1) is 23.2 Å². The van der Waals surface area contributed by atoms with Gasteiger partial charge in [-0.1, -0.05) is 32.4 Å². The number of benzene rings is 2. The number of amides is 1. The summed E-state index contributed by atoms with van der Waals surface area (Å²) < 4.78 is 6.99. The SMILES string of the molecule is CCCCOC(=O)c1ccc(-n2c(N)c(C(=O)N[C@@H](C)CC)c3nc4ccccc4nc32)cc1. The first-order valence-electron chi connectivity index (χ1n) is 11.6. The van der Waals surface area contributed by atoms with E-state index >= 15 is 0 Å². The van der Waals surface area contributed by atoms with Crippen LogP contribution in [0.15, 0.2) is 48.5 Å². The number of ether oxygens (including phenoxy) is 1. The molecule has 0 bridgehead atoms. The van der Waals surface area contributed by atoms with Gasteiger partial charge in [0, 0.05) is 11.7 Å². The van der Waals surface area contributed by atoms with Gasteiger partial charge in [-0.3, -0.25) is 9.36 Å². The van der Waals surface area contributed by atoms with Crippen LogP contribution in [-0.2, 0) is 4.74 Å². The van der Waals surface area contributed by atoms with E-state index in [0.717, 1.165) is 19.3 Å². The largest absolute Gasteiger partial charge is 0.462 e. The fraction of sp³-hybridized carbons (Fsp3) is 0.308. The quantitative estimate of drug-likeness (QED) is 0.293. The van der Waals surface area contributed by atoms with Crippen LogP contribution in [-0.4, -0.2) is 39.1 Å². The monoisotopic (exact) mass is 459 g/mol. The molecule has 1 atom stereocenters. The van der Waals surface area contributed by atoms with Crippen molar-refractivity contribution in [2.45, 2.75) is 46.1 Å². The van der Waals surface area contributed by atoms with Crippen LogP contribution in [0.3, 0.4) is 0 Å². The molecule has 0 aliphatic rings. The number of nitrogens with two attached hydrogens (primary N) is 1. The first-order valence-corrected chi connectivity index (χ1v) is 11.6. The van der Waals surface area contributed by atoms with Crippen molar-refractivity contribution in [3.8, 4) is 5.69 Å². The number of aromatic nitrogens is 3. The number of nitrogens with zero attached hydrogens (tertiary/aromatic N) is 3. The van der Waals surface area contributed by atoms with Crippen LogP contribution in [0.25, 0.3) is 27.9 Å². The van der Waals surface area contributed by atoms with Gasteiger partial charge in [-0.05, 0) is 56.2 Å². The number of hydrogen-bond acceptors (Lipinski definition) is 6. The Morgan fingerprint density at radius 1 is 1.06 bits per heavy atom. The maximum absolute atomic E-state index is 13.2. The summed E-state index contributed by atoms with van der Waals surface area (Å²) >= 11 is 0. The van der Waals surface area contributed by atoms with Crippen molar-refractivity contribution in [3.63, 3.8) is 0 Å². The molecule has 0 saturated heterocycles. The average Bonchev–Trinajstić information content (AvgIpc) is 3.13. The summed E-state index contributed by atoms with van der Waals surface area (Å²) in [6.45, 7) is 6.37. The fourth-order valence-corrected chi connectivity index (χ4v) is 3.68. The molecule has 8 heteroatoms. The Morgan fingerprint density at radius 2 is 1.74 bits per heavy atom. The Kier molecular flexibility index (Phi) is 6.77. The van der Waals surface area contributed by atoms with Gasteiger partial charge < -0.3 is 15.8 Å². The molecule has 0 aliphatic heterocycles. The zero-order chi connectivity index (χ0) is 24.2. The highest BCUT2D eigenvalue weighted by Crippen LogP contribution is 2.31. The Balaban J connectivity index is 1.82. The second kappa shape index (κ2) is 9.91. The lowest BCUT2D eigenvalue weighted by Gasteiger charge is -2.12. The summed E-state index contributed by atoms with van der Waals surface area (Å²) in [6.07, 6.45) is 2.56. The summed E-state index contributed by atoms with van der Waals surface area (Å²) in [5, 5.41) is 2.98. The smallest absolute Gasteiger partial charge is 0.338 e. The molecular formula is C26H29N5O3. The highest BCUT2D eigenvalue weighted by molar-refractivity contribution is 6.11. The van der Waals surface area contributed by atoms with Gasteiger partial charge in [0.25, 0.3) is 5.91 Å². The van der Waals surface area contributed by atoms with Crippen molar-refractivity contribution in [1.29, 1.82) is 0 Å². The summed E-state index contributed by atoms with van der Waals surface area (Å²) in [4.78, 5) is 35.0. The summed E-state index contributed by atoms with van der Waals surface area (Å²) in [5.74, 6) is -0.426. The van der Waals surface area contributed by atoms with Crippen LogP contribution in [0.5, 0.6) is 0 Å². The molecule has 0 unspecified atom stereocenters. The molecule has 34 heavy (non-hydrogen) atoms. The van der Waals surface area contributed by atoms with Gasteiger partial charge in [0.15, 0.2) is 5.65 Å². The molecule has 1 amide bonds. The van der Waals surface area contributed by atoms with Gasteiger partial charge in [0.1, 0.15) is 16.9 Å². The number of nitrogens with one attached hydrogen (secondary N) is 1. The van der Waals surface area contributed by atoms with Crippen molar-refractivity contribution in [3.05, 3.63) is 59.7 Å². The number of fused-ring (bicyclic) bond motifs is 2. The zero-order valence-electron chi connectivity index (χ0n) is 19.7. The van der Waals surface area contributed by atoms with E-state index in [1.54, 1.807) is 28.8 Å². The second-order valence-electron chi connectivity index (χ2n) is 8.30. The maximum Gasteiger partial charge on any atom is 0.338 e. The number of carbonyl (C=O) groups excluding carboxylic acids is 2. The number of nitrogen functional groups attached to an aromatic ring is 1. The second-order valence-corrected chi connectivity index (χ2v) is 8.30. The summed E-state index contributed by atoms with van der Waals surface area (Å²) in [5.41, 5.74) is 10.2. The molecule has 8 nitrogen and oxygen atoms in total. The van der Waals surface area contributed by atoms with Gasteiger partial charge in [0.2, 0.25) is 0 Å². The standard InChI is InChI=1S/C26H29N5O3/c1-4-6-15-34-26(33)17-11-13-18(14-12-17)31-23(27)21(25(32)28-16(3)5-2)22-24(31)30-20-10-8-7-9-19(20)29-22/h7-14,16H,4-6,15,27H2,1-3H3,(H,28,32)/t16-/m0/s1. The number of carbonyl (C=O) groups is 2. The lowest BCUT2D eigenvalue weighted by molar-refractivity contribution is 0.0499. The summed E-state index contributed by atoms with van der Waals surface area (Å²) in [7, 11) is 0. The number of para-hydroxylation sites is 2. The Morgan fingerprint density at radius 3 is 2.38 bits per heavy atom.